The normalized spacial score (nSPS) is 11.7. The van der Waals surface area contributed by atoms with E-state index in [1.54, 1.807) is 42.5 Å². The first-order chi connectivity index (χ1) is 15.2. The van der Waals surface area contributed by atoms with Gasteiger partial charge in [0.05, 0.1) is 15.8 Å². The number of halogens is 2. The van der Waals surface area contributed by atoms with Crippen LogP contribution >= 0.6 is 0 Å². The molecule has 0 atom stereocenters. The fourth-order valence-electron chi connectivity index (χ4n) is 3.61. The van der Waals surface area contributed by atoms with Gasteiger partial charge in [-0.15, -0.1) is 0 Å². The molecule has 0 radical (unpaired) electrons. The van der Waals surface area contributed by atoms with Crippen molar-refractivity contribution in [2.24, 2.45) is 0 Å². The van der Waals surface area contributed by atoms with Gasteiger partial charge in [-0.1, -0.05) is 18.2 Å². The maximum atomic E-state index is 14.7. The van der Waals surface area contributed by atoms with Crippen LogP contribution < -0.4 is 5.73 Å². The number of ketones is 1. The largest absolute Gasteiger partial charge is 0.399 e. The first kappa shape index (κ1) is 21.6. The van der Waals surface area contributed by atoms with Gasteiger partial charge in [-0.05, 0) is 35.9 Å². The molecule has 0 fully saturated rings. The Morgan fingerprint density at radius 2 is 1.88 bits per heavy atom. The maximum absolute atomic E-state index is 14.7. The second kappa shape index (κ2) is 8.51. The second-order valence-corrected chi connectivity index (χ2v) is 9.40. The Kier molecular flexibility index (Phi) is 5.75. The molecular weight excluding hydrogens is 436 g/mol. The number of pyridine rings is 1. The Hall–Kier alpha value is -3.59. The summed E-state index contributed by atoms with van der Waals surface area (Å²) in [5, 5.41) is -0.249. The SMILES string of the molecule is Nc1cccc(Cn2cc(S(=O)(=O)CC(=O)Cc3ccccn3)c3c(F)cc(F)cc32)c1. The van der Waals surface area contributed by atoms with E-state index in [-0.39, 0.29) is 28.8 Å². The number of carbonyl (C=O) groups excluding carboxylic acids is 1. The predicted molar refractivity (Wildman–Crippen MR) is 117 cm³/mol. The molecule has 0 bridgehead atoms. The Labute approximate surface area is 183 Å². The van der Waals surface area contributed by atoms with Crippen LogP contribution in [0.5, 0.6) is 0 Å². The van der Waals surface area contributed by atoms with Crippen molar-refractivity contribution in [3.05, 3.63) is 89.9 Å². The molecule has 32 heavy (non-hydrogen) atoms. The number of Topliss-reactive ketones (excluding diaryl/α,β-unsaturated/α-hetero) is 1. The number of hydrogen-bond donors (Lipinski definition) is 1. The summed E-state index contributed by atoms with van der Waals surface area (Å²) < 4.78 is 56.2. The number of fused-ring (bicyclic) bond motifs is 1. The third kappa shape index (κ3) is 4.52. The smallest absolute Gasteiger partial charge is 0.187 e. The van der Waals surface area contributed by atoms with Gasteiger partial charge in [0.2, 0.25) is 0 Å². The molecule has 4 aromatic rings. The molecule has 9 heteroatoms. The lowest BCUT2D eigenvalue weighted by molar-refractivity contribution is -0.116. The van der Waals surface area contributed by atoms with Gasteiger partial charge in [-0.3, -0.25) is 9.78 Å². The molecule has 0 amide bonds. The number of aromatic nitrogens is 2. The summed E-state index contributed by atoms with van der Waals surface area (Å²) in [4.78, 5) is 16.1. The van der Waals surface area contributed by atoms with Gasteiger partial charge in [0.25, 0.3) is 0 Å². The van der Waals surface area contributed by atoms with Crippen LogP contribution in [0.25, 0.3) is 10.9 Å². The first-order valence-electron chi connectivity index (χ1n) is 9.69. The highest BCUT2D eigenvalue weighted by atomic mass is 32.2. The quantitative estimate of drug-likeness (QED) is 0.430. The summed E-state index contributed by atoms with van der Waals surface area (Å²) in [6, 6.07) is 13.6. The maximum Gasteiger partial charge on any atom is 0.187 e. The average Bonchev–Trinajstić information content (AvgIpc) is 3.08. The summed E-state index contributed by atoms with van der Waals surface area (Å²) >= 11 is 0. The van der Waals surface area contributed by atoms with Crippen molar-refractivity contribution in [1.29, 1.82) is 0 Å². The third-order valence-corrected chi connectivity index (χ3v) is 6.64. The number of carbonyl (C=O) groups is 1. The molecule has 2 aromatic heterocycles. The topological polar surface area (TPSA) is 95.0 Å². The number of anilines is 1. The number of benzene rings is 2. The summed E-state index contributed by atoms with van der Waals surface area (Å²) in [5.41, 5.74) is 7.53. The number of nitrogens with two attached hydrogens (primary N) is 1. The van der Waals surface area contributed by atoms with E-state index in [1.807, 2.05) is 0 Å². The van der Waals surface area contributed by atoms with E-state index >= 15 is 0 Å². The lowest BCUT2D eigenvalue weighted by atomic mass is 10.2. The molecule has 4 rings (SSSR count). The minimum atomic E-state index is -4.21. The highest BCUT2D eigenvalue weighted by Gasteiger charge is 2.27. The Balaban J connectivity index is 1.73. The summed E-state index contributed by atoms with van der Waals surface area (Å²) in [6.45, 7) is 0.141. The van der Waals surface area contributed by atoms with Crippen LogP contribution in [0.15, 0.2) is 71.9 Å². The summed E-state index contributed by atoms with van der Waals surface area (Å²) in [6.07, 6.45) is 2.57. The van der Waals surface area contributed by atoms with E-state index in [1.165, 1.54) is 17.0 Å². The molecule has 2 N–H and O–H groups in total. The van der Waals surface area contributed by atoms with Crippen molar-refractivity contribution in [1.82, 2.24) is 9.55 Å². The Bertz CT molecular complexity index is 1420. The average molecular weight is 455 g/mol. The molecule has 2 aromatic carbocycles. The third-order valence-electron chi connectivity index (χ3n) is 4.96. The lowest BCUT2D eigenvalue weighted by Gasteiger charge is -2.06. The number of nitrogen functional groups attached to an aromatic ring is 1. The van der Waals surface area contributed by atoms with Crippen molar-refractivity contribution < 1.29 is 22.0 Å². The van der Waals surface area contributed by atoms with E-state index in [0.717, 1.165) is 11.6 Å². The second-order valence-electron chi connectivity index (χ2n) is 7.44. The number of hydrogen-bond acceptors (Lipinski definition) is 5. The van der Waals surface area contributed by atoms with Gasteiger partial charge < -0.3 is 10.3 Å². The zero-order chi connectivity index (χ0) is 22.9. The van der Waals surface area contributed by atoms with Gasteiger partial charge in [0.15, 0.2) is 15.6 Å². The molecule has 2 heterocycles. The summed E-state index contributed by atoms with van der Waals surface area (Å²) in [5.74, 6) is -3.25. The molecule has 0 aliphatic rings. The summed E-state index contributed by atoms with van der Waals surface area (Å²) in [7, 11) is -4.21. The van der Waals surface area contributed by atoms with Crippen LogP contribution in [0.2, 0.25) is 0 Å². The van der Waals surface area contributed by atoms with E-state index < -0.39 is 33.0 Å². The van der Waals surface area contributed by atoms with Gasteiger partial charge in [-0.25, -0.2) is 17.2 Å². The van der Waals surface area contributed by atoms with Gasteiger partial charge in [0.1, 0.15) is 17.4 Å². The number of nitrogens with zero attached hydrogens (tertiary/aromatic N) is 2. The van der Waals surface area contributed by atoms with Crippen LogP contribution in [-0.2, 0) is 27.6 Å². The first-order valence-corrected chi connectivity index (χ1v) is 11.3. The van der Waals surface area contributed by atoms with E-state index in [4.69, 9.17) is 5.73 Å². The standard InChI is InChI=1S/C23H19F2N3O3S/c24-16-9-20(25)23-21(10-16)28(12-15-4-3-5-17(26)8-15)13-22(23)32(30,31)14-19(29)11-18-6-1-2-7-27-18/h1-10,13H,11-12,14,26H2. The van der Waals surface area contributed by atoms with Crippen LogP contribution in [0.4, 0.5) is 14.5 Å². The molecule has 164 valence electrons. The van der Waals surface area contributed by atoms with Crippen LogP contribution in [0.1, 0.15) is 11.3 Å². The minimum Gasteiger partial charge on any atom is -0.399 e. The molecule has 0 spiro atoms. The fourth-order valence-corrected chi connectivity index (χ4v) is 5.09. The van der Waals surface area contributed by atoms with Crippen molar-refractivity contribution >= 4 is 32.2 Å². The number of sulfone groups is 1. The Morgan fingerprint density at radius 1 is 1.06 bits per heavy atom. The highest BCUT2D eigenvalue weighted by Crippen LogP contribution is 2.30. The molecule has 0 saturated heterocycles. The van der Waals surface area contributed by atoms with Gasteiger partial charge in [0, 0.05) is 42.8 Å². The van der Waals surface area contributed by atoms with Crippen molar-refractivity contribution in [3.8, 4) is 0 Å². The molecule has 0 saturated carbocycles. The van der Waals surface area contributed by atoms with Gasteiger partial charge in [-0.2, -0.15) is 0 Å². The van der Waals surface area contributed by atoms with Gasteiger partial charge >= 0.3 is 0 Å². The highest BCUT2D eigenvalue weighted by molar-refractivity contribution is 7.92. The van der Waals surface area contributed by atoms with Crippen LogP contribution in [0.3, 0.4) is 0 Å². The van der Waals surface area contributed by atoms with Crippen LogP contribution in [-0.4, -0.2) is 29.5 Å². The minimum absolute atomic E-state index is 0.0701. The molecule has 0 aliphatic heterocycles. The van der Waals surface area contributed by atoms with E-state index in [9.17, 15) is 22.0 Å². The van der Waals surface area contributed by atoms with E-state index in [2.05, 4.69) is 4.98 Å². The monoisotopic (exact) mass is 455 g/mol. The Morgan fingerprint density at radius 3 is 2.59 bits per heavy atom. The molecule has 0 aliphatic carbocycles. The fraction of sp³-hybridized carbons (Fsp3) is 0.130. The number of rotatable bonds is 7. The zero-order valence-electron chi connectivity index (χ0n) is 16.8. The molecule has 6 nitrogen and oxygen atoms in total. The van der Waals surface area contributed by atoms with Crippen molar-refractivity contribution in [2.45, 2.75) is 17.9 Å². The van der Waals surface area contributed by atoms with Crippen molar-refractivity contribution in [3.63, 3.8) is 0 Å². The zero-order valence-corrected chi connectivity index (χ0v) is 17.6. The van der Waals surface area contributed by atoms with Crippen LogP contribution in [0, 0.1) is 11.6 Å². The van der Waals surface area contributed by atoms with E-state index in [0.29, 0.717) is 17.4 Å². The predicted octanol–water partition coefficient (Wildman–Crippen LogP) is 3.53. The van der Waals surface area contributed by atoms with Crippen molar-refractivity contribution in [2.75, 3.05) is 11.5 Å². The molecule has 0 unspecified atom stereocenters. The lowest BCUT2D eigenvalue weighted by Crippen LogP contribution is -2.18. The molecular formula is C23H19F2N3O3S.